The fourth-order valence-electron chi connectivity index (χ4n) is 3.89. The number of carbonyl (C=O) groups excluding carboxylic acids is 1. The predicted octanol–water partition coefficient (Wildman–Crippen LogP) is 3.42. The van der Waals surface area contributed by atoms with Gasteiger partial charge in [0.2, 0.25) is 5.56 Å². The number of aliphatic hydroxyl groups excluding tert-OH is 1. The maximum absolute atomic E-state index is 12.2. The van der Waals surface area contributed by atoms with Crippen molar-refractivity contribution in [1.82, 2.24) is 15.6 Å². The van der Waals surface area contributed by atoms with E-state index in [2.05, 4.69) is 20.9 Å². The summed E-state index contributed by atoms with van der Waals surface area (Å²) in [4.78, 5) is 26.4. The van der Waals surface area contributed by atoms with Crippen LogP contribution < -0.4 is 21.5 Å². The Morgan fingerprint density at radius 2 is 1.74 bits per heavy atom. The number of nitrogens with one attached hydrogen (secondary N) is 4. The van der Waals surface area contributed by atoms with Crippen molar-refractivity contribution in [3.8, 4) is 5.75 Å². The average Bonchev–Trinajstić information content (AvgIpc) is 2.87. The van der Waals surface area contributed by atoms with E-state index >= 15 is 0 Å². The van der Waals surface area contributed by atoms with Crippen molar-refractivity contribution in [2.75, 3.05) is 18.4 Å². The normalized spacial score (nSPS) is 11.8. The van der Waals surface area contributed by atoms with Gasteiger partial charge in [-0.25, -0.2) is 4.79 Å². The van der Waals surface area contributed by atoms with Gasteiger partial charge < -0.3 is 31.1 Å². The molecule has 0 aliphatic rings. The predicted molar refractivity (Wildman–Crippen MR) is 137 cm³/mol. The Labute approximate surface area is 202 Å². The van der Waals surface area contributed by atoms with Crippen LogP contribution in [0.25, 0.3) is 10.9 Å². The molecule has 0 bridgehead atoms. The molecule has 35 heavy (non-hydrogen) atoms. The van der Waals surface area contributed by atoms with Gasteiger partial charge in [-0.2, -0.15) is 0 Å². The van der Waals surface area contributed by atoms with E-state index in [4.69, 9.17) is 0 Å². The molecule has 0 radical (unpaired) electrons. The van der Waals surface area contributed by atoms with Crippen molar-refractivity contribution >= 4 is 22.6 Å². The molecule has 1 aromatic heterocycles. The zero-order valence-electron chi connectivity index (χ0n) is 19.1. The number of aliphatic hydroxyl groups is 1. The quantitative estimate of drug-likeness (QED) is 0.208. The minimum Gasteiger partial charge on any atom is -0.506 e. The van der Waals surface area contributed by atoms with Gasteiger partial charge in [-0.1, -0.05) is 48.5 Å². The second-order valence-electron chi connectivity index (χ2n) is 8.25. The molecule has 4 aromatic rings. The van der Waals surface area contributed by atoms with Crippen LogP contribution in [0.2, 0.25) is 0 Å². The Kier molecular flexibility index (Phi) is 7.77. The van der Waals surface area contributed by atoms with Gasteiger partial charge >= 0.3 is 6.03 Å². The number of aromatic hydroxyl groups is 1. The number of pyridine rings is 1. The van der Waals surface area contributed by atoms with Crippen LogP contribution in [0.5, 0.6) is 5.75 Å². The Hall–Kier alpha value is -4.14. The molecule has 0 aliphatic carbocycles. The van der Waals surface area contributed by atoms with Crippen LogP contribution in [0.15, 0.2) is 83.7 Å². The first-order valence-corrected chi connectivity index (χ1v) is 11.4. The van der Waals surface area contributed by atoms with Crippen LogP contribution >= 0.6 is 0 Å². The summed E-state index contributed by atoms with van der Waals surface area (Å²) in [5.74, 6) is -0.0381. The zero-order chi connectivity index (χ0) is 24.6. The average molecular weight is 473 g/mol. The molecule has 1 heterocycles. The highest BCUT2D eigenvalue weighted by Gasteiger charge is 2.13. The first-order valence-electron chi connectivity index (χ1n) is 11.4. The summed E-state index contributed by atoms with van der Waals surface area (Å²) < 4.78 is 0. The highest BCUT2D eigenvalue weighted by molar-refractivity contribution is 5.89. The van der Waals surface area contributed by atoms with Crippen molar-refractivity contribution < 1.29 is 15.0 Å². The third-order valence-electron chi connectivity index (χ3n) is 5.67. The molecule has 0 saturated heterocycles. The Balaban J connectivity index is 1.26. The van der Waals surface area contributed by atoms with Crippen LogP contribution in [0.3, 0.4) is 0 Å². The summed E-state index contributed by atoms with van der Waals surface area (Å²) in [6.45, 7) is 1.37. The summed E-state index contributed by atoms with van der Waals surface area (Å²) in [6, 6.07) is 23.1. The van der Waals surface area contributed by atoms with Crippen LogP contribution in [0, 0.1) is 0 Å². The summed E-state index contributed by atoms with van der Waals surface area (Å²) in [7, 11) is 0. The number of phenolic OH excluding ortho intramolecular Hbond substituents is 1. The number of hydrogen-bond acceptors (Lipinski definition) is 5. The summed E-state index contributed by atoms with van der Waals surface area (Å²) in [5, 5.41) is 30.2. The Morgan fingerprint density at radius 3 is 2.57 bits per heavy atom. The van der Waals surface area contributed by atoms with Gasteiger partial charge in [-0.05, 0) is 53.9 Å². The number of hydrogen-bond donors (Lipinski definition) is 6. The van der Waals surface area contributed by atoms with E-state index < -0.39 is 6.10 Å². The molecule has 0 spiro atoms. The molecule has 8 heteroatoms. The van der Waals surface area contributed by atoms with Crippen LogP contribution in [-0.2, 0) is 13.0 Å². The lowest BCUT2D eigenvalue weighted by Gasteiger charge is -2.15. The van der Waals surface area contributed by atoms with E-state index in [1.54, 1.807) is 12.1 Å². The first-order chi connectivity index (χ1) is 17.0. The summed E-state index contributed by atoms with van der Waals surface area (Å²) in [6.07, 6.45) is -0.109. The largest absolute Gasteiger partial charge is 0.506 e. The van der Waals surface area contributed by atoms with Gasteiger partial charge in [0.05, 0.1) is 11.6 Å². The van der Waals surface area contributed by atoms with Crippen molar-refractivity contribution in [2.24, 2.45) is 0 Å². The number of H-pyrrole nitrogens is 1. The number of urea groups is 1. The van der Waals surface area contributed by atoms with Gasteiger partial charge in [0.25, 0.3) is 0 Å². The molecule has 0 unspecified atom stereocenters. The SMILES string of the molecule is O=C(NCc1ccccc1)Nc1cccc(CCNC[C@@H](O)c2ccc(O)c3[nH]c(=O)ccc23)c1. The monoisotopic (exact) mass is 472 g/mol. The van der Waals surface area contributed by atoms with Crippen molar-refractivity contribution in [3.63, 3.8) is 0 Å². The van der Waals surface area contributed by atoms with E-state index in [1.807, 2.05) is 54.6 Å². The smallest absolute Gasteiger partial charge is 0.319 e. The number of rotatable bonds is 9. The van der Waals surface area contributed by atoms with E-state index in [0.717, 1.165) is 11.1 Å². The van der Waals surface area contributed by atoms with Gasteiger partial charge in [0.1, 0.15) is 5.75 Å². The summed E-state index contributed by atoms with van der Waals surface area (Å²) in [5.41, 5.74) is 3.39. The lowest BCUT2D eigenvalue weighted by molar-refractivity contribution is 0.176. The number of carbonyl (C=O) groups is 1. The van der Waals surface area contributed by atoms with E-state index in [1.165, 1.54) is 12.1 Å². The maximum Gasteiger partial charge on any atom is 0.319 e. The molecule has 0 saturated carbocycles. The molecular formula is C27H28N4O4. The maximum atomic E-state index is 12.2. The molecule has 4 rings (SSSR count). The Bertz CT molecular complexity index is 1350. The topological polar surface area (TPSA) is 126 Å². The zero-order valence-corrected chi connectivity index (χ0v) is 19.1. The molecule has 6 N–H and O–H groups in total. The number of aromatic nitrogens is 1. The lowest BCUT2D eigenvalue weighted by atomic mass is 10.0. The van der Waals surface area contributed by atoms with Gasteiger partial charge in [-0.3, -0.25) is 4.79 Å². The molecule has 0 fully saturated rings. The third kappa shape index (κ3) is 6.47. The minimum atomic E-state index is -0.815. The van der Waals surface area contributed by atoms with Crippen LogP contribution in [0.1, 0.15) is 22.8 Å². The molecule has 8 nitrogen and oxygen atoms in total. The van der Waals surface area contributed by atoms with Gasteiger partial charge in [0, 0.05) is 30.2 Å². The van der Waals surface area contributed by atoms with Crippen molar-refractivity contribution in [2.45, 2.75) is 19.1 Å². The minimum absolute atomic E-state index is 0.0381. The van der Waals surface area contributed by atoms with Gasteiger partial charge in [0.15, 0.2) is 0 Å². The number of anilines is 1. The van der Waals surface area contributed by atoms with Crippen LogP contribution in [-0.4, -0.2) is 34.3 Å². The molecule has 2 amide bonds. The fraction of sp³-hybridized carbons (Fsp3) is 0.185. The molecule has 180 valence electrons. The van der Waals surface area contributed by atoms with Crippen LogP contribution in [0.4, 0.5) is 10.5 Å². The van der Waals surface area contributed by atoms with Crippen molar-refractivity contribution in [1.29, 1.82) is 0 Å². The number of fused-ring (bicyclic) bond motifs is 1. The lowest BCUT2D eigenvalue weighted by Crippen LogP contribution is -2.28. The Morgan fingerprint density at radius 1 is 0.943 bits per heavy atom. The van der Waals surface area contributed by atoms with Gasteiger partial charge in [-0.15, -0.1) is 0 Å². The highest BCUT2D eigenvalue weighted by Crippen LogP contribution is 2.28. The molecular weight excluding hydrogens is 444 g/mol. The standard InChI is InChI=1S/C27H28N4O4/c32-23-11-9-21(22-10-12-25(34)31-26(22)23)24(33)17-28-14-13-18-7-4-8-20(15-18)30-27(35)29-16-19-5-2-1-3-6-19/h1-12,15,24,28,32-33H,13-14,16-17H2,(H,31,34)(H2,29,30,35)/t24-/m1/s1. The van der Waals surface area contributed by atoms with Crippen molar-refractivity contribution in [3.05, 3.63) is 106 Å². The fourth-order valence-corrected chi connectivity index (χ4v) is 3.89. The first kappa shape index (κ1) is 24.0. The second-order valence-corrected chi connectivity index (χ2v) is 8.25. The number of amides is 2. The number of aromatic amines is 1. The van der Waals surface area contributed by atoms with E-state index in [9.17, 15) is 19.8 Å². The number of phenols is 1. The van der Waals surface area contributed by atoms with E-state index in [-0.39, 0.29) is 17.3 Å². The number of benzene rings is 3. The third-order valence-corrected chi connectivity index (χ3v) is 5.67. The van der Waals surface area contributed by atoms with E-state index in [0.29, 0.717) is 48.2 Å². The molecule has 3 aromatic carbocycles. The second kappa shape index (κ2) is 11.3. The molecule has 1 atom stereocenters. The summed E-state index contributed by atoms with van der Waals surface area (Å²) >= 11 is 0. The molecule has 0 aliphatic heterocycles. The highest BCUT2D eigenvalue weighted by atomic mass is 16.3.